The lowest BCUT2D eigenvalue weighted by molar-refractivity contribution is -0.385. The van der Waals surface area contributed by atoms with E-state index in [1.165, 1.54) is 19.2 Å². The van der Waals surface area contributed by atoms with E-state index in [1.807, 2.05) is 23.5 Å². The summed E-state index contributed by atoms with van der Waals surface area (Å²) in [7, 11) is 1.45. The number of nitrogens with zero attached hydrogens (tertiary/aromatic N) is 2. The molecule has 0 saturated carbocycles. The first-order chi connectivity index (χ1) is 14.5. The molecule has 1 aromatic carbocycles. The van der Waals surface area contributed by atoms with Gasteiger partial charge in [0.25, 0.3) is 11.6 Å². The van der Waals surface area contributed by atoms with Crippen LogP contribution < -0.4 is 9.47 Å². The van der Waals surface area contributed by atoms with Crippen LogP contribution >= 0.6 is 76.7 Å². The number of rotatable bonds is 10. The van der Waals surface area contributed by atoms with Crippen LogP contribution in [0.25, 0.3) is 0 Å². The fourth-order valence-electron chi connectivity index (χ4n) is 3.28. The normalized spacial score (nSPS) is 15.6. The fraction of sp³-hybridized carbons (Fsp3) is 0.611. The number of nitro benzene ring substituents is 1. The molecule has 1 aromatic rings. The summed E-state index contributed by atoms with van der Waals surface area (Å²) < 4.78 is 10.9. The number of carbonyl (C=O) groups is 1. The number of methoxy groups -OCH3 is 1. The number of nitro groups is 1. The van der Waals surface area contributed by atoms with Crippen molar-refractivity contribution in [2.75, 3.05) is 30.7 Å². The topological polar surface area (TPSA) is 81.9 Å². The lowest BCUT2D eigenvalue weighted by Gasteiger charge is -2.31. The number of hydrogen-bond acceptors (Lipinski definition) is 7. The lowest BCUT2D eigenvalue weighted by Crippen LogP contribution is -2.41. The molecule has 2 rings (SSSR count). The zero-order valence-corrected chi connectivity index (χ0v) is 24.5. The van der Waals surface area contributed by atoms with Crippen LogP contribution in [0.2, 0.25) is 0 Å². The third-order valence-electron chi connectivity index (χ3n) is 4.46. The van der Waals surface area contributed by atoms with E-state index in [-0.39, 0.29) is 39.0 Å². The van der Waals surface area contributed by atoms with Gasteiger partial charge in [-0.1, -0.05) is 13.8 Å². The molecule has 30 heavy (non-hydrogen) atoms. The first-order valence-corrected chi connectivity index (χ1v) is 18.7. The summed E-state index contributed by atoms with van der Waals surface area (Å²) >= 11 is 11.0. The predicted octanol–water partition coefficient (Wildman–Crippen LogP) is 6.54. The van der Waals surface area contributed by atoms with Crippen LogP contribution in [0.3, 0.4) is 0 Å². The molecule has 1 saturated heterocycles. The molecule has 0 bridgehead atoms. The Labute approximate surface area is 217 Å². The van der Waals surface area contributed by atoms with Gasteiger partial charge in [0.15, 0.2) is 11.5 Å². The van der Waals surface area contributed by atoms with Crippen molar-refractivity contribution in [2.45, 2.75) is 37.3 Å². The smallest absolute Gasteiger partial charge is 0.286 e. The van der Waals surface area contributed by atoms with Gasteiger partial charge in [0.1, 0.15) is 11.1 Å². The number of alkyl halides is 1. The van der Waals surface area contributed by atoms with Gasteiger partial charge in [0, 0.05) is 49.8 Å². The van der Waals surface area contributed by atoms with Crippen LogP contribution in [0.1, 0.15) is 37.0 Å². The lowest BCUT2D eigenvalue weighted by atomic mass is 10.1. The Kier molecular flexibility index (Phi) is 14.4. The summed E-state index contributed by atoms with van der Waals surface area (Å²) in [4.78, 5) is 26.2. The summed E-state index contributed by atoms with van der Waals surface area (Å²) in [5.74, 6) is 2.12. The van der Waals surface area contributed by atoms with Crippen molar-refractivity contribution >= 4 is 88.3 Å². The summed E-state index contributed by atoms with van der Waals surface area (Å²) in [5, 5.41) is 11.6. The molecule has 0 N–H and O–H groups in total. The Bertz CT molecular complexity index is 711. The van der Waals surface area contributed by atoms with E-state index in [1.54, 1.807) is 4.90 Å². The van der Waals surface area contributed by atoms with Crippen molar-refractivity contribution in [1.29, 1.82) is 0 Å². The molecular formula is C18H25BrI2N2O5S2. The average molecular weight is 747 g/mol. The number of halogens is 3. The fourth-order valence-corrected chi connectivity index (χ4v) is 6.40. The van der Waals surface area contributed by atoms with Crippen molar-refractivity contribution in [2.24, 2.45) is 0 Å². The Morgan fingerprint density at radius 2 is 1.97 bits per heavy atom. The highest BCUT2D eigenvalue weighted by Gasteiger charge is 2.38. The van der Waals surface area contributed by atoms with Crippen LogP contribution in [-0.4, -0.2) is 57.0 Å². The van der Waals surface area contributed by atoms with Crippen LogP contribution in [0.15, 0.2) is 12.1 Å². The van der Waals surface area contributed by atoms with E-state index >= 15 is 0 Å². The molecule has 1 heterocycles. The molecule has 7 nitrogen and oxygen atoms in total. The highest BCUT2D eigenvalue weighted by Crippen LogP contribution is 2.39. The molecule has 170 valence electrons. The minimum Gasteiger partial charge on any atom is -0.493 e. The van der Waals surface area contributed by atoms with Gasteiger partial charge in [-0.3, -0.25) is 14.9 Å². The van der Waals surface area contributed by atoms with Gasteiger partial charge < -0.3 is 14.4 Å². The molecule has 1 aliphatic rings. The molecule has 0 unspecified atom stereocenters. The number of amides is 1. The maximum atomic E-state index is 13.3. The standard InChI is InChI=1S/C18H25BrN2O5S2.I2/c1-4-27-18(28-5-2)13-7-6-8-20(13)17(22)12-9-15(25-3)16(26-11-19)10-14(12)21(23)24;1-2/h9-10,13,18H,4-8,11H2,1-3H3;/t13-;/m0./s1. The van der Waals surface area contributed by atoms with Gasteiger partial charge in [-0.15, -0.1) is 23.5 Å². The van der Waals surface area contributed by atoms with Gasteiger partial charge in [0.2, 0.25) is 0 Å². The van der Waals surface area contributed by atoms with Crippen molar-refractivity contribution in [3.05, 3.63) is 27.8 Å². The largest absolute Gasteiger partial charge is 0.493 e. The van der Waals surface area contributed by atoms with E-state index in [0.717, 1.165) is 24.3 Å². The molecule has 0 radical (unpaired) electrons. The van der Waals surface area contributed by atoms with Gasteiger partial charge >= 0.3 is 0 Å². The number of likely N-dealkylation sites (tertiary alicyclic amines) is 1. The van der Waals surface area contributed by atoms with Crippen molar-refractivity contribution in [1.82, 2.24) is 4.90 Å². The molecule has 1 amide bonds. The van der Waals surface area contributed by atoms with E-state index in [9.17, 15) is 14.9 Å². The zero-order chi connectivity index (χ0) is 22.7. The van der Waals surface area contributed by atoms with Crippen LogP contribution in [0, 0.1) is 10.1 Å². The summed E-state index contributed by atoms with van der Waals surface area (Å²) in [5.41, 5.74) is -0.0701. The van der Waals surface area contributed by atoms with E-state index in [2.05, 4.69) is 67.0 Å². The van der Waals surface area contributed by atoms with Gasteiger partial charge in [-0.2, -0.15) is 0 Å². The molecule has 1 aliphatic heterocycles. The Morgan fingerprint density at radius 3 is 2.47 bits per heavy atom. The SMILES string of the molecule is CCSC(SCC)[C@@H]1CCCN1C(=O)c1cc(OC)c(OCBr)cc1[N+](=O)[O-].II. The summed E-state index contributed by atoms with van der Waals surface area (Å²) in [6.07, 6.45) is 1.81. The molecular weight excluding hydrogens is 722 g/mol. The summed E-state index contributed by atoms with van der Waals surface area (Å²) in [6.45, 7) is 4.81. The van der Waals surface area contributed by atoms with E-state index < -0.39 is 4.92 Å². The van der Waals surface area contributed by atoms with Gasteiger partial charge in [-0.05, 0) is 40.3 Å². The maximum Gasteiger partial charge on any atom is 0.286 e. The Morgan fingerprint density at radius 1 is 1.33 bits per heavy atom. The first kappa shape index (κ1) is 28.4. The maximum absolute atomic E-state index is 13.3. The molecule has 1 atom stereocenters. The average Bonchev–Trinajstić information content (AvgIpc) is 3.24. The van der Waals surface area contributed by atoms with Crippen molar-refractivity contribution in [3.8, 4) is 11.5 Å². The minimum atomic E-state index is -0.544. The van der Waals surface area contributed by atoms with Crippen molar-refractivity contribution in [3.63, 3.8) is 0 Å². The first-order valence-electron chi connectivity index (χ1n) is 9.22. The van der Waals surface area contributed by atoms with Crippen LogP contribution in [0.4, 0.5) is 5.69 Å². The Balaban J connectivity index is 0.00000218. The van der Waals surface area contributed by atoms with Crippen molar-refractivity contribution < 1.29 is 19.2 Å². The third-order valence-corrected chi connectivity index (χ3v) is 7.45. The monoisotopic (exact) mass is 746 g/mol. The molecule has 0 aliphatic carbocycles. The number of ether oxygens (including phenoxy) is 2. The van der Waals surface area contributed by atoms with Gasteiger partial charge in [0.05, 0.1) is 28.7 Å². The molecule has 12 heteroatoms. The van der Waals surface area contributed by atoms with E-state index in [4.69, 9.17) is 9.47 Å². The van der Waals surface area contributed by atoms with Crippen LogP contribution in [0.5, 0.6) is 11.5 Å². The second kappa shape index (κ2) is 15.2. The zero-order valence-electron chi connectivity index (χ0n) is 16.9. The highest BCUT2D eigenvalue weighted by atomic mass is 128. The predicted molar refractivity (Wildman–Crippen MR) is 146 cm³/mol. The second-order valence-corrected chi connectivity index (χ2v) is 9.61. The van der Waals surface area contributed by atoms with Gasteiger partial charge in [-0.25, -0.2) is 0 Å². The number of thioether (sulfide) groups is 2. The third kappa shape index (κ3) is 7.44. The number of hydrogen-bond donors (Lipinski definition) is 0. The highest BCUT2D eigenvalue weighted by molar-refractivity contribution is 15.0. The van der Waals surface area contributed by atoms with E-state index in [0.29, 0.717) is 12.3 Å². The quantitative estimate of drug-likeness (QED) is 0.0885. The minimum absolute atomic E-state index is 0.0393. The number of benzene rings is 1. The number of carbonyl (C=O) groups excluding carboxylic acids is 1. The Hall–Kier alpha value is 0.330. The second-order valence-electron chi connectivity index (χ2n) is 6.02. The molecule has 1 fully saturated rings. The summed E-state index contributed by atoms with van der Waals surface area (Å²) in [6, 6.07) is 2.74. The van der Waals surface area contributed by atoms with Crippen LogP contribution in [-0.2, 0) is 0 Å². The molecule has 0 spiro atoms. The molecule has 0 aromatic heterocycles.